The molecule has 9 heteroatoms. The van der Waals surface area contributed by atoms with Crippen LogP contribution in [-0.2, 0) is 24.3 Å². The number of carbonyl (C=O) groups excluding carboxylic acids is 1. The van der Waals surface area contributed by atoms with Gasteiger partial charge < -0.3 is 9.47 Å². The van der Waals surface area contributed by atoms with Gasteiger partial charge in [0, 0.05) is 37.7 Å². The maximum absolute atomic E-state index is 12.7. The molecule has 0 radical (unpaired) electrons. The molecule has 0 bridgehead atoms. The lowest BCUT2D eigenvalue weighted by Crippen LogP contribution is -2.29. The molecule has 148 valence electrons. The molecule has 0 unspecified atom stereocenters. The van der Waals surface area contributed by atoms with Crippen LogP contribution in [0.5, 0.6) is 0 Å². The quantitative estimate of drug-likeness (QED) is 0.532. The lowest BCUT2D eigenvalue weighted by Gasteiger charge is -2.17. The average Bonchev–Trinajstić information content (AvgIpc) is 3.29. The van der Waals surface area contributed by atoms with Crippen molar-refractivity contribution in [1.82, 2.24) is 34.0 Å². The van der Waals surface area contributed by atoms with E-state index in [1.807, 2.05) is 29.0 Å². The Kier molecular flexibility index (Phi) is 4.94. The van der Waals surface area contributed by atoms with Gasteiger partial charge in [0.25, 0.3) is 11.3 Å². The number of nitrogens with one attached hydrogen (secondary N) is 1. The predicted molar refractivity (Wildman–Crippen MR) is 106 cm³/mol. The number of aromatic amines is 1. The van der Waals surface area contributed by atoms with Gasteiger partial charge in [-0.05, 0) is 12.5 Å². The first-order valence-corrected chi connectivity index (χ1v) is 9.23. The molecule has 4 rings (SSSR count). The van der Waals surface area contributed by atoms with Crippen molar-refractivity contribution >= 4 is 11.7 Å². The topological polar surface area (TPSA) is 101 Å². The van der Waals surface area contributed by atoms with Crippen molar-refractivity contribution in [1.29, 1.82) is 0 Å². The number of H-pyrrole nitrogens is 1. The summed E-state index contributed by atoms with van der Waals surface area (Å²) in [5.74, 6) is 1.31. The maximum atomic E-state index is 12.7. The second kappa shape index (κ2) is 7.70. The number of likely N-dealkylation sites (N-methyl/N-ethyl adjacent to an activating group) is 1. The van der Waals surface area contributed by atoms with Gasteiger partial charge in [0.2, 0.25) is 5.91 Å². The fourth-order valence-electron chi connectivity index (χ4n) is 3.11. The van der Waals surface area contributed by atoms with Crippen LogP contribution in [0.1, 0.15) is 22.9 Å². The molecule has 3 heterocycles. The number of amides is 1. The summed E-state index contributed by atoms with van der Waals surface area (Å²) in [5, 5.41) is 2.84. The summed E-state index contributed by atoms with van der Waals surface area (Å²) in [4.78, 5) is 39.1. The Morgan fingerprint density at radius 2 is 2.00 bits per heavy atom. The predicted octanol–water partition coefficient (Wildman–Crippen LogP) is 1.17. The molecule has 9 nitrogen and oxygen atoms in total. The first kappa shape index (κ1) is 18.6. The molecule has 0 spiro atoms. The van der Waals surface area contributed by atoms with Crippen LogP contribution in [0.25, 0.3) is 5.78 Å². The number of nitrogens with zero attached hydrogens (tertiary/aromatic N) is 6. The fraction of sp³-hybridized carbons (Fsp3) is 0.250. The SMILES string of the molecule is Cc1cc(=O)n2[nH]c(CC(=O)N(C)Cc3nccn3Cc3ccccc3)nc2n1. The third-order valence-corrected chi connectivity index (χ3v) is 4.63. The minimum absolute atomic E-state index is 0.0394. The van der Waals surface area contributed by atoms with Crippen molar-refractivity contribution in [2.24, 2.45) is 0 Å². The molecule has 0 aliphatic heterocycles. The molecule has 0 saturated carbocycles. The van der Waals surface area contributed by atoms with Crippen molar-refractivity contribution in [2.45, 2.75) is 26.4 Å². The Morgan fingerprint density at radius 1 is 1.21 bits per heavy atom. The second-order valence-corrected chi connectivity index (χ2v) is 6.93. The smallest absolute Gasteiger partial charge is 0.274 e. The lowest BCUT2D eigenvalue weighted by molar-refractivity contribution is -0.129. The van der Waals surface area contributed by atoms with E-state index in [0.29, 0.717) is 24.6 Å². The molecule has 0 saturated heterocycles. The number of aryl methyl sites for hydroxylation is 1. The van der Waals surface area contributed by atoms with Crippen molar-refractivity contribution in [3.63, 3.8) is 0 Å². The standard InChI is InChI=1S/C20H21N7O2/c1-14-10-19(29)27-20(22-14)23-16(24-27)11-18(28)25(2)13-17-21-8-9-26(17)12-15-6-4-3-5-7-15/h3-10H,11-13H2,1-2H3,(H,22,23,24). The van der Waals surface area contributed by atoms with Crippen LogP contribution in [0.4, 0.5) is 0 Å². The highest BCUT2D eigenvalue weighted by atomic mass is 16.2. The minimum Gasteiger partial charge on any atom is -0.338 e. The maximum Gasteiger partial charge on any atom is 0.274 e. The number of hydrogen-bond donors (Lipinski definition) is 1. The van der Waals surface area contributed by atoms with Gasteiger partial charge in [-0.25, -0.2) is 9.97 Å². The first-order chi connectivity index (χ1) is 14.0. The van der Waals surface area contributed by atoms with Gasteiger partial charge in [-0.1, -0.05) is 30.3 Å². The molecule has 1 N–H and O–H groups in total. The number of benzene rings is 1. The summed E-state index contributed by atoms with van der Waals surface area (Å²) >= 11 is 0. The molecule has 4 aromatic rings. The molecule has 1 amide bonds. The third kappa shape index (κ3) is 4.08. The van der Waals surface area contributed by atoms with Gasteiger partial charge in [0.1, 0.15) is 11.6 Å². The lowest BCUT2D eigenvalue weighted by atomic mass is 10.2. The van der Waals surface area contributed by atoms with E-state index in [0.717, 1.165) is 11.4 Å². The average molecular weight is 391 g/mol. The second-order valence-electron chi connectivity index (χ2n) is 6.93. The first-order valence-electron chi connectivity index (χ1n) is 9.23. The molecule has 0 fully saturated rings. The van der Waals surface area contributed by atoms with Crippen LogP contribution in [0, 0.1) is 6.92 Å². The van der Waals surface area contributed by atoms with Gasteiger partial charge in [-0.15, -0.1) is 0 Å². The van der Waals surface area contributed by atoms with Crippen LogP contribution in [0.3, 0.4) is 0 Å². The van der Waals surface area contributed by atoms with Gasteiger partial charge in [-0.2, -0.15) is 9.50 Å². The summed E-state index contributed by atoms with van der Waals surface area (Å²) in [5.41, 5.74) is 1.49. The molecule has 0 aliphatic rings. The van der Waals surface area contributed by atoms with Gasteiger partial charge >= 0.3 is 0 Å². The fourth-order valence-corrected chi connectivity index (χ4v) is 3.11. The van der Waals surface area contributed by atoms with Gasteiger partial charge in [0.05, 0.1) is 13.0 Å². The van der Waals surface area contributed by atoms with Crippen LogP contribution in [0.2, 0.25) is 0 Å². The number of rotatable bonds is 6. The Balaban J connectivity index is 1.45. The number of hydrogen-bond acceptors (Lipinski definition) is 5. The summed E-state index contributed by atoms with van der Waals surface area (Å²) < 4.78 is 3.26. The van der Waals surface area contributed by atoms with Crippen LogP contribution < -0.4 is 5.56 Å². The Labute approximate surface area is 166 Å². The van der Waals surface area contributed by atoms with Gasteiger partial charge in [0.15, 0.2) is 0 Å². The molecule has 1 aromatic carbocycles. The highest BCUT2D eigenvalue weighted by Gasteiger charge is 2.16. The highest BCUT2D eigenvalue weighted by molar-refractivity contribution is 5.77. The minimum atomic E-state index is -0.255. The molecular formula is C20H21N7O2. The number of aromatic nitrogens is 6. The molecule has 0 atom stereocenters. The van der Waals surface area contributed by atoms with Crippen molar-refractivity contribution < 1.29 is 4.79 Å². The van der Waals surface area contributed by atoms with E-state index in [-0.39, 0.29) is 23.7 Å². The van der Waals surface area contributed by atoms with Crippen molar-refractivity contribution in [3.05, 3.63) is 82.1 Å². The van der Waals surface area contributed by atoms with E-state index >= 15 is 0 Å². The van der Waals surface area contributed by atoms with E-state index in [2.05, 4.69) is 32.2 Å². The summed E-state index contributed by atoms with van der Waals surface area (Å²) in [7, 11) is 1.72. The van der Waals surface area contributed by atoms with E-state index in [4.69, 9.17) is 0 Å². The number of imidazole rings is 1. The third-order valence-electron chi connectivity index (χ3n) is 4.63. The number of fused-ring (bicyclic) bond motifs is 1. The Hall–Kier alpha value is -3.75. The van der Waals surface area contributed by atoms with Crippen LogP contribution in [0.15, 0.2) is 53.6 Å². The zero-order chi connectivity index (χ0) is 20.4. The molecule has 0 aliphatic carbocycles. The van der Waals surface area contributed by atoms with Crippen LogP contribution in [-0.4, -0.2) is 47.0 Å². The normalized spacial score (nSPS) is 11.1. The zero-order valence-corrected chi connectivity index (χ0v) is 16.2. The largest absolute Gasteiger partial charge is 0.338 e. The summed E-state index contributed by atoms with van der Waals surface area (Å²) in [6.45, 7) is 2.79. The van der Waals surface area contributed by atoms with Crippen molar-refractivity contribution in [3.8, 4) is 0 Å². The van der Waals surface area contributed by atoms with Crippen LogP contribution >= 0.6 is 0 Å². The number of carbonyl (C=O) groups is 1. The molecular weight excluding hydrogens is 370 g/mol. The molecule has 29 heavy (non-hydrogen) atoms. The Bertz CT molecular complexity index is 1210. The van der Waals surface area contributed by atoms with Gasteiger partial charge in [-0.3, -0.25) is 14.7 Å². The zero-order valence-electron chi connectivity index (χ0n) is 16.2. The molecule has 3 aromatic heterocycles. The highest BCUT2D eigenvalue weighted by Crippen LogP contribution is 2.08. The summed E-state index contributed by atoms with van der Waals surface area (Å²) in [6, 6.07) is 11.5. The van der Waals surface area contributed by atoms with E-state index in [1.165, 1.54) is 10.6 Å². The van der Waals surface area contributed by atoms with E-state index in [9.17, 15) is 9.59 Å². The van der Waals surface area contributed by atoms with E-state index < -0.39 is 0 Å². The summed E-state index contributed by atoms with van der Waals surface area (Å²) in [6.07, 6.45) is 3.67. The van der Waals surface area contributed by atoms with E-state index in [1.54, 1.807) is 25.1 Å². The monoisotopic (exact) mass is 391 g/mol. The Morgan fingerprint density at radius 3 is 2.79 bits per heavy atom. The van der Waals surface area contributed by atoms with Crippen molar-refractivity contribution in [2.75, 3.05) is 7.05 Å².